The maximum absolute atomic E-state index is 11.7. The van der Waals surface area contributed by atoms with Crippen LogP contribution in [-0.2, 0) is 28.2 Å². The zero-order valence-corrected chi connectivity index (χ0v) is 15.3. The highest BCUT2D eigenvalue weighted by molar-refractivity contribution is 7.46. The normalized spacial score (nSPS) is 12.7. The number of esters is 2. The number of unbranched alkanes of at least 4 members (excludes halogenated alkanes) is 6. The quantitative estimate of drug-likeness (QED) is 0.273. The minimum absolute atomic E-state index is 0.209. The fourth-order valence-electron chi connectivity index (χ4n) is 1.98. The van der Waals surface area contributed by atoms with Crippen LogP contribution >= 0.6 is 7.82 Å². The average molecular weight is 368 g/mol. The van der Waals surface area contributed by atoms with Crippen LogP contribution in [-0.4, -0.2) is 41.0 Å². The SMILES string of the molecule is CCCCCCCCCC(=O)OC(COC(C)=O)COP(=O)(O)O. The number of ether oxygens (including phenoxy) is 2. The van der Waals surface area contributed by atoms with Crippen LogP contribution in [0.15, 0.2) is 0 Å². The van der Waals surface area contributed by atoms with Crippen molar-refractivity contribution in [3.8, 4) is 0 Å². The molecule has 0 aromatic rings. The zero-order chi connectivity index (χ0) is 18.4. The molecule has 0 bridgehead atoms. The molecule has 8 nitrogen and oxygen atoms in total. The lowest BCUT2D eigenvalue weighted by molar-refractivity contribution is -0.160. The lowest BCUT2D eigenvalue weighted by Crippen LogP contribution is -2.29. The van der Waals surface area contributed by atoms with Gasteiger partial charge in [0.05, 0.1) is 6.61 Å². The third-order valence-corrected chi connectivity index (χ3v) is 3.67. The Labute approximate surface area is 143 Å². The first-order valence-electron chi connectivity index (χ1n) is 8.27. The van der Waals surface area contributed by atoms with Gasteiger partial charge in [-0.1, -0.05) is 45.4 Å². The Balaban J connectivity index is 4.04. The summed E-state index contributed by atoms with van der Waals surface area (Å²) >= 11 is 0. The fraction of sp³-hybridized carbons (Fsp3) is 0.867. The summed E-state index contributed by atoms with van der Waals surface area (Å²) < 4.78 is 24.8. The topological polar surface area (TPSA) is 119 Å². The first-order chi connectivity index (χ1) is 11.2. The van der Waals surface area contributed by atoms with Crippen LogP contribution in [0.1, 0.15) is 65.2 Å². The number of hydrogen-bond acceptors (Lipinski definition) is 6. The van der Waals surface area contributed by atoms with Gasteiger partial charge in [0.15, 0.2) is 6.10 Å². The standard InChI is InChI=1S/C15H29O8P/c1-3-4-5-6-7-8-9-10-15(17)23-14(11-21-13(2)16)12-22-24(18,19)20/h14H,3-12H2,1-2H3,(H2,18,19,20). The van der Waals surface area contributed by atoms with Gasteiger partial charge in [-0.05, 0) is 6.42 Å². The van der Waals surface area contributed by atoms with E-state index < -0.39 is 32.5 Å². The molecule has 1 unspecified atom stereocenters. The molecule has 2 N–H and O–H groups in total. The number of carbonyl (C=O) groups excluding carboxylic acids is 2. The van der Waals surface area contributed by atoms with E-state index in [0.717, 1.165) is 19.3 Å². The predicted molar refractivity (Wildman–Crippen MR) is 87.1 cm³/mol. The van der Waals surface area contributed by atoms with Crippen molar-refractivity contribution < 1.29 is 37.9 Å². The highest BCUT2D eigenvalue weighted by Crippen LogP contribution is 2.35. The van der Waals surface area contributed by atoms with Crippen LogP contribution in [0.2, 0.25) is 0 Å². The van der Waals surface area contributed by atoms with E-state index in [9.17, 15) is 14.2 Å². The van der Waals surface area contributed by atoms with Gasteiger partial charge in [-0.3, -0.25) is 14.1 Å². The van der Waals surface area contributed by atoms with Gasteiger partial charge in [-0.15, -0.1) is 0 Å². The molecule has 0 amide bonds. The maximum Gasteiger partial charge on any atom is 0.469 e. The van der Waals surface area contributed by atoms with Gasteiger partial charge >= 0.3 is 19.8 Å². The van der Waals surface area contributed by atoms with Gasteiger partial charge in [-0.25, -0.2) is 4.57 Å². The second-order valence-electron chi connectivity index (χ2n) is 5.57. The van der Waals surface area contributed by atoms with Crippen molar-refractivity contribution in [2.24, 2.45) is 0 Å². The number of carbonyl (C=O) groups is 2. The first-order valence-corrected chi connectivity index (χ1v) is 9.80. The molecule has 0 radical (unpaired) electrons. The molecule has 9 heteroatoms. The molecule has 142 valence electrons. The summed E-state index contributed by atoms with van der Waals surface area (Å²) in [6, 6.07) is 0. The lowest BCUT2D eigenvalue weighted by atomic mass is 10.1. The third-order valence-electron chi connectivity index (χ3n) is 3.18. The minimum Gasteiger partial charge on any atom is -0.462 e. The van der Waals surface area contributed by atoms with Crippen LogP contribution in [0.4, 0.5) is 0 Å². The Kier molecular flexibility index (Phi) is 12.8. The smallest absolute Gasteiger partial charge is 0.462 e. The Morgan fingerprint density at radius 1 is 1.00 bits per heavy atom. The van der Waals surface area contributed by atoms with E-state index in [-0.39, 0.29) is 13.0 Å². The number of phosphoric ester groups is 1. The summed E-state index contributed by atoms with van der Waals surface area (Å²) in [5, 5.41) is 0. The number of hydrogen-bond donors (Lipinski definition) is 2. The molecule has 0 fully saturated rings. The lowest BCUT2D eigenvalue weighted by Gasteiger charge is -2.18. The molecule has 0 saturated carbocycles. The molecule has 0 aliphatic rings. The van der Waals surface area contributed by atoms with Crippen LogP contribution in [0, 0.1) is 0 Å². The zero-order valence-electron chi connectivity index (χ0n) is 14.4. The first kappa shape index (κ1) is 23.1. The van der Waals surface area contributed by atoms with E-state index in [1.807, 2.05) is 0 Å². The molecular weight excluding hydrogens is 339 g/mol. The molecule has 0 aliphatic heterocycles. The van der Waals surface area contributed by atoms with Crippen molar-refractivity contribution >= 4 is 19.8 Å². The largest absolute Gasteiger partial charge is 0.469 e. The molecule has 24 heavy (non-hydrogen) atoms. The summed E-state index contributed by atoms with van der Waals surface area (Å²) in [6.45, 7) is 2.48. The molecule has 0 heterocycles. The molecule has 0 aliphatic carbocycles. The average Bonchev–Trinajstić information content (AvgIpc) is 2.48. The van der Waals surface area contributed by atoms with Gasteiger partial charge in [0.25, 0.3) is 0 Å². The van der Waals surface area contributed by atoms with Crippen LogP contribution in [0.5, 0.6) is 0 Å². The Hall–Kier alpha value is -0.950. The Morgan fingerprint density at radius 2 is 1.58 bits per heavy atom. The van der Waals surface area contributed by atoms with Crippen molar-refractivity contribution in [2.75, 3.05) is 13.2 Å². The van der Waals surface area contributed by atoms with Crippen LogP contribution in [0.25, 0.3) is 0 Å². The molecular formula is C15H29O8P. The highest BCUT2D eigenvalue weighted by atomic mass is 31.2. The minimum atomic E-state index is -4.68. The van der Waals surface area contributed by atoms with E-state index >= 15 is 0 Å². The Bertz CT molecular complexity index is 406. The summed E-state index contributed by atoms with van der Waals surface area (Å²) in [5.74, 6) is -1.09. The van der Waals surface area contributed by atoms with E-state index in [1.54, 1.807) is 0 Å². The van der Waals surface area contributed by atoms with Gasteiger partial charge in [-0.2, -0.15) is 0 Å². The van der Waals surface area contributed by atoms with E-state index in [0.29, 0.717) is 6.42 Å². The van der Waals surface area contributed by atoms with Crippen molar-refractivity contribution in [1.82, 2.24) is 0 Å². The van der Waals surface area contributed by atoms with Gasteiger partial charge in [0, 0.05) is 13.3 Å². The summed E-state index contributed by atoms with van der Waals surface area (Å²) in [5.41, 5.74) is 0. The molecule has 0 aromatic heterocycles. The highest BCUT2D eigenvalue weighted by Gasteiger charge is 2.22. The second-order valence-corrected chi connectivity index (χ2v) is 6.81. The van der Waals surface area contributed by atoms with Gasteiger partial charge in [0.2, 0.25) is 0 Å². The summed E-state index contributed by atoms with van der Waals surface area (Å²) in [4.78, 5) is 39.9. The third kappa shape index (κ3) is 15.9. The molecule has 0 spiro atoms. The van der Waals surface area contributed by atoms with Crippen molar-refractivity contribution in [3.63, 3.8) is 0 Å². The molecule has 0 aromatic carbocycles. The summed E-state index contributed by atoms with van der Waals surface area (Å²) in [7, 11) is -4.68. The van der Waals surface area contributed by atoms with E-state index in [4.69, 9.17) is 19.3 Å². The van der Waals surface area contributed by atoms with E-state index in [1.165, 1.54) is 26.2 Å². The van der Waals surface area contributed by atoms with E-state index in [2.05, 4.69) is 11.4 Å². The van der Waals surface area contributed by atoms with Crippen molar-refractivity contribution in [1.29, 1.82) is 0 Å². The van der Waals surface area contributed by atoms with Crippen LogP contribution in [0.3, 0.4) is 0 Å². The fourth-order valence-corrected chi connectivity index (χ4v) is 2.34. The molecule has 1 atom stereocenters. The molecule has 0 rings (SSSR count). The molecule has 0 saturated heterocycles. The second kappa shape index (κ2) is 13.4. The summed E-state index contributed by atoms with van der Waals surface area (Å²) in [6.07, 6.45) is 6.59. The predicted octanol–water partition coefficient (Wildman–Crippen LogP) is 2.71. The monoisotopic (exact) mass is 368 g/mol. The number of rotatable bonds is 14. The van der Waals surface area contributed by atoms with Gasteiger partial charge < -0.3 is 19.3 Å². The van der Waals surface area contributed by atoms with Gasteiger partial charge in [0.1, 0.15) is 6.61 Å². The number of phosphoric acid groups is 1. The Morgan fingerprint density at radius 3 is 2.12 bits per heavy atom. The van der Waals surface area contributed by atoms with Crippen molar-refractivity contribution in [2.45, 2.75) is 71.3 Å². The maximum atomic E-state index is 11.7. The van der Waals surface area contributed by atoms with Crippen LogP contribution < -0.4 is 0 Å². The van der Waals surface area contributed by atoms with Crippen molar-refractivity contribution in [3.05, 3.63) is 0 Å².